The van der Waals surface area contributed by atoms with Crippen molar-refractivity contribution in [2.75, 3.05) is 0 Å². The Bertz CT molecular complexity index is 383. The molecule has 14 heavy (non-hydrogen) atoms. The number of diazo groups is 1. The fourth-order valence-corrected chi connectivity index (χ4v) is 0.741. The number of pyridine rings is 1. The van der Waals surface area contributed by atoms with Crippen molar-refractivity contribution in [1.82, 2.24) is 4.98 Å². The summed E-state index contributed by atoms with van der Waals surface area (Å²) in [6, 6.07) is 3.29. The lowest BCUT2D eigenvalue weighted by Gasteiger charge is -2.07. The summed E-state index contributed by atoms with van der Waals surface area (Å²) in [5, 5.41) is 16.6. The highest BCUT2D eigenvalue weighted by atomic mass is 15.2. The van der Waals surface area contributed by atoms with Gasteiger partial charge in [-0.3, -0.25) is 0 Å². The zero-order chi connectivity index (χ0) is 10.6. The van der Waals surface area contributed by atoms with Gasteiger partial charge in [-0.2, -0.15) is 5.11 Å². The number of hydrogen-bond acceptors (Lipinski definition) is 4. The Morgan fingerprint density at radius 3 is 2.71 bits per heavy atom. The molecule has 0 fully saturated rings. The van der Waals surface area contributed by atoms with Crippen LogP contribution in [-0.2, 0) is 0 Å². The number of rotatable bonds is 1. The number of aromatic nitrogens is 1. The number of nitrogens with zero attached hydrogens (tertiary/aromatic N) is 5. The van der Waals surface area contributed by atoms with E-state index in [4.69, 9.17) is 5.39 Å². The summed E-state index contributed by atoms with van der Waals surface area (Å²) < 4.78 is 0. The van der Waals surface area contributed by atoms with E-state index in [2.05, 4.69) is 20.2 Å². The average molecular weight is 190 g/mol. The average Bonchev–Trinajstić information content (AvgIpc) is 2.14. The van der Waals surface area contributed by atoms with E-state index >= 15 is 0 Å². The van der Waals surface area contributed by atoms with Crippen LogP contribution in [0.3, 0.4) is 0 Å². The Labute approximate surface area is 82.5 Å². The second-order valence-corrected chi connectivity index (χ2v) is 3.82. The first-order valence-electron chi connectivity index (χ1n) is 4.26. The maximum Gasteiger partial charge on any atom is 0.430 e. The molecular weight excluding hydrogens is 178 g/mol. The molecule has 0 aromatic carbocycles. The van der Waals surface area contributed by atoms with Crippen molar-refractivity contribution in [3.05, 3.63) is 23.3 Å². The van der Waals surface area contributed by atoms with Gasteiger partial charge >= 0.3 is 5.69 Å². The molecule has 0 N–H and O–H groups in total. The zero-order valence-corrected chi connectivity index (χ0v) is 8.47. The molecule has 72 valence electrons. The van der Waals surface area contributed by atoms with Crippen molar-refractivity contribution in [3.63, 3.8) is 0 Å². The lowest BCUT2D eigenvalue weighted by Crippen LogP contribution is -2.07. The Hall–Kier alpha value is -1.83. The van der Waals surface area contributed by atoms with Crippen LogP contribution in [0.2, 0.25) is 0 Å². The number of azo groups is 1. The van der Waals surface area contributed by atoms with Gasteiger partial charge in [0.05, 0.1) is 5.54 Å². The molecule has 0 aliphatic carbocycles. The van der Waals surface area contributed by atoms with Crippen LogP contribution in [-0.4, -0.2) is 10.5 Å². The van der Waals surface area contributed by atoms with Crippen molar-refractivity contribution >= 4 is 11.5 Å². The molecule has 0 radical (unpaired) electrons. The molecule has 0 aliphatic rings. The molecule has 0 saturated heterocycles. The molecule has 1 heterocycles. The fraction of sp³-hybridized carbons (Fsp3) is 0.444. The molecule has 5 nitrogen and oxygen atoms in total. The maximum atomic E-state index is 8.63. The minimum Gasteiger partial charge on any atom is -0.229 e. The van der Waals surface area contributed by atoms with Gasteiger partial charge in [-0.1, -0.05) is 0 Å². The minimum absolute atomic E-state index is 0.260. The summed E-state index contributed by atoms with van der Waals surface area (Å²) in [7, 11) is 0. The van der Waals surface area contributed by atoms with Crippen LogP contribution in [0.25, 0.3) is 4.98 Å². The lowest BCUT2D eigenvalue weighted by atomic mass is 10.1. The Kier molecular flexibility index (Phi) is 2.87. The quantitative estimate of drug-likeness (QED) is 0.502. The summed E-state index contributed by atoms with van der Waals surface area (Å²) >= 11 is 0. The second kappa shape index (κ2) is 3.92. The molecule has 1 aromatic heterocycles. The van der Waals surface area contributed by atoms with E-state index in [1.165, 1.54) is 0 Å². The highest BCUT2D eigenvalue weighted by molar-refractivity contribution is 5.60. The van der Waals surface area contributed by atoms with Crippen LogP contribution in [0.15, 0.2) is 28.6 Å². The summed E-state index contributed by atoms with van der Waals surface area (Å²) in [4.78, 5) is 6.99. The maximum absolute atomic E-state index is 8.63. The monoisotopic (exact) mass is 190 g/mol. The van der Waals surface area contributed by atoms with Crippen molar-refractivity contribution in [1.29, 1.82) is 5.39 Å². The van der Waals surface area contributed by atoms with E-state index in [1.54, 1.807) is 18.3 Å². The molecule has 1 rings (SSSR count). The third-order valence-electron chi connectivity index (χ3n) is 1.32. The fourth-order valence-electron chi connectivity index (χ4n) is 0.741. The van der Waals surface area contributed by atoms with Crippen molar-refractivity contribution in [3.8, 4) is 0 Å². The van der Waals surface area contributed by atoms with Crippen molar-refractivity contribution < 1.29 is 0 Å². The van der Waals surface area contributed by atoms with Crippen LogP contribution in [0.4, 0.5) is 11.5 Å². The third kappa shape index (κ3) is 2.90. The predicted octanol–water partition coefficient (Wildman–Crippen LogP) is 3.45. The highest BCUT2D eigenvalue weighted by Gasteiger charge is 2.14. The standard InChI is InChI=1S/C9H12N5/c1-9(2,3)14-13-8-7(12-10)5-4-6-11-8/h4-6H,1-3H3/q+1. The molecule has 0 spiro atoms. The smallest absolute Gasteiger partial charge is 0.229 e. The van der Waals surface area contributed by atoms with Gasteiger partial charge in [0.15, 0.2) is 4.98 Å². The van der Waals surface area contributed by atoms with Gasteiger partial charge in [-0.25, -0.2) is 4.98 Å². The van der Waals surface area contributed by atoms with Crippen LogP contribution >= 0.6 is 0 Å². The van der Waals surface area contributed by atoms with Crippen LogP contribution in [0.1, 0.15) is 20.8 Å². The minimum atomic E-state index is -0.260. The highest BCUT2D eigenvalue weighted by Crippen LogP contribution is 2.25. The first kappa shape index (κ1) is 10.3. The molecule has 0 atom stereocenters. The van der Waals surface area contributed by atoms with E-state index in [9.17, 15) is 0 Å². The molecule has 0 unspecified atom stereocenters. The second-order valence-electron chi connectivity index (χ2n) is 3.82. The van der Waals surface area contributed by atoms with Gasteiger partial charge in [0.25, 0.3) is 5.82 Å². The molecule has 0 bridgehead atoms. The van der Waals surface area contributed by atoms with Crippen LogP contribution in [0.5, 0.6) is 0 Å². The van der Waals surface area contributed by atoms with E-state index in [0.717, 1.165) is 0 Å². The SMILES string of the molecule is CC(C)(C)N=Nc1ncccc1[N+]#N. The molecule has 0 aliphatic heterocycles. The summed E-state index contributed by atoms with van der Waals surface area (Å²) in [6.45, 7) is 5.78. The summed E-state index contributed by atoms with van der Waals surface area (Å²) in [5.41, 5.74) is 0.0602. The molecule has 0 saturated carbocycles. The topological polar surface area (TPSA) is 65.8 Å². The van der Waals surface area contributed by atoms with Gasteiger partial charge < -0.3 is 0 Å². The van der Waals surface area contributed by atoms with Gasteiger partial charge in [0, 0.05) is 12.3 Å². The van der Waals surface area contributed by atoms with Crippen molar-refractivity contribution in [2.24, 2.45) is 10.2 Å². The Balaban J connectivity index is 2.99. The Morgan fingerprint density at radius 2 is 2.14 bits per heavy atom. The third-order valence-corrected chi connectivity index (χ3v) is 1.32. The molecule has 0 amide bonds. The van der Waals surface area contributed by atoms with Crippen LogP contribution < -0.4 is 0 Å². The zero-order valence-electron chi connectivity index (χ0n) is 8.47. The van der Waals surface area contributed by atoms with Gasteiger partial charge in [-0.15, -0.1) is 5.11 Å². The first-order valence-corrected chi connectivity index (χ1v) is 4.26. The van der Waals surface area contributed by atoms with E-state index in [-0.39, 0.29) is 5.54 Å². The van der Waals surface area contributed by atoms with E-state index in [1.807, 2.05) is 20.8 Å². The summed E-state index contributed by atoms with van der Waals surface area (Å²) in [6.07, 6.45) is 1.58. The summed E-state index contributed by atoms with van der Waals surface area (Å²) in [5.74, 6) is 0.324. The first-order chi connectivity index (χ1) is 6.53. The molecule has 5 heteroatoms. The Morgan fingerprint density at radius 1 is 1.43 bits per heavy atom. The number of hydrogen-bond donors (Lipinski definition) is 0. The normalized spacial score (nSPS) is 11.6. The van der Waals surface area contributed by atoms with Crippen LogP contribution in [0, 0.1) is 5.39 Å². The van der Waals surface area contributed by atoms with E-state index < -0.39 is 0 Å². The van der Waals surface area contributed by atoms with Crippen molar-refractivity contribution in [2.45, 2.75) is 26.3 Å². The lowest BCUT2D eigenvalue weighted by molar-refractivity contribution is 0.551. The van der Waals surface area contributed by atoms with Gasteiger partial charge in [-0.05, 0) is 26.8 Å². The van der Waals surface area contributed by atoms with Gasteiger partial charge in [0.2, 0.25) is 5.39 Å². The predicted molar refractivity (Wildman–Crippen MR) is 53.3 cm³/mol. The van der Waals surface area contributed by atoms with E-state index in [0.29, 0.717) is 11.5 Å². The van der Waals surface area contributed by atoms with Gasteiger partial charge in [0.1, 0.15) is 0 Å². The molecular formula is C9H12N5+. The molecule has 1 aromatic rings. The largest absolute Gasteiger partial charge is 0.430 e.